The van der Waals surface area contributed by atoms with Gasteiger partial charge in [-0.15, -0.1) is 0 Å². The van der Waals surface area contributed by atoms with Crippen molar-refractivity contribution >= 4 is 11.9 Å². The lowest BCUT2D eigenvalue weighted by molar-refractivity contribution is 0.310. The lowest BCUT2D eigenvalue weighted by atomic mass is 10.2. The fourth-order valence-corrected chi connectivity index (χ4v) is 1.91. The summed E-state index contributed by atoms with van der Waals surface area (Å²) in [5.74, 6) is 1.68. The maximum Gasteiger partial charge on any atom is 0.225 e. The van der Waals surface area contributed by atoms with E-state index in [1.807, 2.05) is 31.3 Å². The molecule has 0 saturated carbocycles. The molecule has 1 aromatic heterocycles. The summed E-state index contributed by atoms with van der Waals surface area (Å²) in [6.07, 6.45) is 0. The average Bonchev–Trinajstić information content (AvgIpc) is 2.37. The van der Waals surface area contributed by atoms with Crippen LogP contribution in [0.15, 0.2) is 24.3 Å². The molecule has 2 aromatic rings. The van der Waals surface area contributed by atoms with Crippen LogP contribution in [0.1, 0.15) is 11.4 Å². The van der Waals surface area contributed by atoms with Gasteiger partial charge in [0.15, 0.2) is 0 Å². The first kappa shape index (κ1) is 14.0. The third-order valence-corrected chi connectivity index (χ3v) is 2.71. The Morgan fingerprint density at radius 3 is 2.45 bits per heavy atom. The molecule has 7 nitrogen and oxygen atoms in total. The molecule has 0 saturated heterocycles. The van der Waals surface area contributed by atoms with Crippen molar-refractivity contribution in [2.24, 2.45) is 0 Å². The number of benzene rings is 1. The van der Waals surface area contributed by atoms with Crippen molar-refractivity contribution in [3.8, 4) is 5.75 Å². The van der Waals surface area contributed by atoms with Crippen molar-refractivity contribution < 1.29 is 4.74 Å². The van der Waals surface area contributed by atoms with E-state index in [1.54, 1.807) is 7.11 Å². The van der Waals surface area contributed by atoms with E-state index in [2.05, 4.69) is 19.9 Å². The first-order valence-electron chi connectivity index (χ1n) is 6.14. The lowest BCUT2D eigenvalue weighted by Gasteiger charge is -2.16. The molecule has 106 valence electrons. The first-order valence-corrected chi connectivity index (χ1v) is 6.14. The maximum absolute atomic E-state index is 5.55. The molecule has 0 aliphatic heterocycles. The van der Waals surface area contributed by atoms with Crippen molar-refractivity contribution in [1.29, 1.82) is 0 Å². The van der Waals surface area contributed by atoms with E-state index in [-0.39, 0.29) is 11.9 Å². The van der Waals surface area contributed by atoms with Crippen LogP contribution in [0.25, 0.3) is 0 Å². The maximum atomic E-state index is 5.55. The highest BCUT2D eigenvalue weighted by Crippen LogP contribution is 2.14. The Hall–Kier alpha value is -2.41. The van der Waals surface area contributed by atoms with Crippen LogP contribution in [0, 0.1) is 0 Å². The second-order valence-corrected chi connectivity index (χ2v) is 4.49. The van der Waals surface area contributed by atoms with Gasteiger partial charge >= 0.3 is 0 Å². The summed E-state index contributed by atoms with van der Waals surface area (Å²) in [5, 5.41) is 0. The van der Waals surface area contributed by atoms with E-state index in [0.29, 0.717) is 12.4 Å². The fourth-order valence-electron chi connectivity index (χ4n) is 1.91. The van der Waals surface area contributed by atoms with Crippen LogP contribution in [0.5, 0.6) is 5.75 Å². The summed E-state index contributed by atoms with van der Waals surface area (Å²) in [4.78, 5) is 13.9. The van der Waals surface area contributed by atoms with Gasteiger partial charge in [0.1, 0.15) is 11.6 Å². The zero-order valence-electron chi connectivity index (χ0n) is 11.6. The van der Waals surface area contributed by atoms with Gasteiger partial charge in [-0.25, -0.2) is 0 Å². The fraction of sp³-hybridized carbons (Fsp3) is 0.308. The van der Waals surface area contributed by atoms with E-state index < -0.39 is 0 Å². The minimum Gasteiger partial charge on any atom is -0.497 e. The monoisotopic (exact) mass is 274 g/mol. The first-order chi connectivity index (χ1) is 9.56. The Labute approximate surface area is 117 Å². The molecule has 0 radical (unpaired) electrons. The molecule has 20 heavy (non-hydrogen) atoms. The summed E-state index contributed by atoms with van der Waals surface area (Å²) in [6.45, 7) is 1.27. The molecule has 2 rings (SSSR count). The predicted molar refractivity (Wildman–Crippen MR) is 76.8 cm³/mol. The topological polar surface area (TPSA) is 103 Å². The van der Waals surface area contributed by atoms with Crippen molar-refractivity contribution in [2.45, 2.75) is 13.1 Å². The molecule has 1 heterocycles. The molecule has 0 bridgehead atoms. The number of ether oxygens (including phenoxy) is 1. The Morgan fingerprint density at radius 2 is 1.80 bits per heavy atom. The molecule has 0 aliphatic carbocycles. The summed E-state index contributed by atoms with van der Waals surface area (Å²) in [6, 6.07) is 7.90. The molecule has 0 aliphatic rings. The second-order valence-electron chi connectivity index (χ2n) is 4.49. The van der Waals surface area contributed by atoms with Crippen LogP contribution in [0.3, 0.4) is 0 Å². The third kappa shape index (κ3) is 3.79. The van der Waals surface area contributed by atoms with Crippen LogP contribution >= 0.6 is 0 Å². The molecule has 0 atom stereocenters. The average molecular weight is 274 g/mol. The van der Waals surface area contributed by atoms with Gasteiger partial charge < -0.3 is 16.2 Å². The van der Waals surface area contributed by atoms with Crippen molar-refractivity contribution in [1.82, 2.24) is 19.9 Å². The largest absolute Gasteiger partial charge is 0.497 e. The number of nitrogens with zero attached hydrogens (tertiary/aromatic N) is 4. The van der Waals surface area contributed by atoms with E-state index in [1.165, 1.54) is 0 Å². The van der Waals surface area contributed by atoms with Gasteiger partial charge in [-0.3, -0.25) is 4.90 Å². The number of nitrogens with two attached hydrogens (primary N) is 2. The Balaban J connectivity index is 2.02. The van der Waals surface area contributed by atoms with Gasteiger partial charge in [0.25, 0.3) is 0 Å². The highest BCUT2D eigenvalue weighted by Gasteiger charge is 2.07. The summed E-state index contributed by atoms with van der Waals surface area (Å²) < 4.78 is 5.20. The van der Waals surface area contributed by atoms with Crippen LogP contribution in [0.4, 0.5) is 11.9 Å². The molecule has 0 unspecified atom stereocenters. The molecule has 0 spiro atoms. The number of rotatable bonds is 5. The molecule has 1 aromatic carbocycles. The standard InChI is InChI=1S/C13H18N6O/c1-19(7-9-4-3-5-10(6-9)20-2)8-11-16-12(14)18-13(15)17-11/h3-6H,7-8H2,1-2H3,(H4,14,15,16,17,18). The van der Waals surface area contributed by atoms with Crippen LogP contribution < -0.4 is 16.2 Å². The number of anilines is 2. The highest BCUT2D eigenvalue weighted by atomic mass is 16.5. The predicted octanol–water partition coefficient (Wildman–Crippen LogP) is 0.677. The minimum absolute atomic E-state index is 0.141. The van der Waals surface area contributed by atoms with Gasteiger partial charge in [-0.2, -0.15) is 15.0 Å². The van der Waals surface area contributed by atoms with Crippen LogP contribution in [-0.2, 0) is 13.1 Å². The summed E-state index contributed by atoms with van der Waals surface area (Å²) in [5.41, 5.74) is 12.2. The van der Waals surface area contributed by atoms with Gasteiger partial charge in [-0.1, -0.05) is 12.1 Å². The zero-order valence-corrected chi connectivity index (χ0v) is 11.6. The third-order valence-electron chi connectivity index (χ3n) is 2.71. The van der Waals surface area contributed by atoms with Crippen molar-refractivity contribution in [3.63, 3.8) is 0 Å². The van der Waals surface area contributed by atoms with Crippen molar-refractivity contribution in [3.05, 3.63) is 35.7 Å². The minimum atomic E-state index is 0.141. The molecule has 7 heteroatoms. The van der Waals surface area contributed by atoms with E-state index in [0.717, 1.165) is 17.9 Å². The number of hydrogen-bond donors (Lipinski definition) is 2. The van der Waals surface area contributed by atoms with Crippen LogP contribution in [0.2, 0.25) is 0 Å². The molecular weight excluding hydrogens is 256 g/mol. The summed E-state index contributed by atoms with van der Waals surface area (Å²) >= 11 is 0. The molecular formula is C13H18N6O. The summed E-state index contributed by atoms with van der Waals surface area (Å²) in [7, 11) is 3.62. The van der Waals surface area contributed by atoms with Gasteiger partial charge in [0.05, 0.1) is 13.7 Å². The van der Waals surface area contributed by atoms with Gasteiger partial charge in [-0.05, 0) is 24.7 Å². The van der Waals surface area contributed by atoms with E-state index >= 15 is 0 Å². The molecule has 0 fully saturated rings. The normalized spacial score (nSPS) is 10.8. The number of aromatic nitrogens is 3. The molecule has 4 N–H and O–H groups in total. The smallest absolute Gasteiger partial charge is 0.225 e. The SMILES string of the molecule is COc1cccc(CN(C)Cc2nc(N)nc(N)n2)c1. The highest BCUT2D eigenvalue weighted by molar-refractivity contribution is 5.28. The molecule has 0 amide bonds. The van der Waals surface area contributed by atoms with E-state index in [9.17, 15) is 0 Å². The number of methoxy groups -OCH3 is 1. The van der Waals surface area contributed by atoms with Crippen LogP contribution in [-0.4, -0.2) is 34.0 Å². The second kappa shape index (κ2) is 6.16. The quantitative estimate of drug-likeness (QED) is 0.826. The Morgan fingerprint density at radius 1 is 1.10 bits per heavy atom. The lowest BCUT2D eigenvalue weighted by Crippen LogP contribution is -2.20. The Kier molecular flexibility index (Phi) is 4.31. The Bertz CT molecular complexity index is 569. The number of nitrogen functional groups attached to an aromatic ring is 2. The van der Waals surface area contributed by atoms with Crippen molar-refractivity contribution in [2.75, 3.05) is 25.6 Å². The van der Waals surface area contributed by atoms with Gasteiger partial charge in [0, 0.05) is 6.54 Å². The van der Waals surface area contributed by atoms with E-state index in [4.69, 9.17) is 16.2 Å². The number of hydrogen-bond acceptors (Lipinski definition) is 7. The zero-order chi connectivity index (χ0) is 14.5. The van der Waals surface area contributed by atoms with Gasteiger partial charge in [0.2, 0.25) is 11.9 Å².